The van der Waals surface area contributed by atoms with Gasteiger partial charge in [-0.05, 0) is 26.0 Å². The number of amides is 2. The molecule has 1 aliphatic rings. The van der Waals surface area contributed by atoms with Crippen molar-refractivity contribution >= 4 is 17.5 Å². The lowest BCUT2D eigenvalue weighted by molar-refractivity contribution is -0.153. The zero-order valence-corrected chi connectivity index (χ0v) is 13.5. The van der Waals surface area contributed by atoms with Crippen LogP contribution in [0, 0.1) is 6.92 Å². The van der Waals surface area contributed by atoms with Crippen LogP contribution in [0.3, 0.4) is 0 Å². The van der Waals surface area contributed by atoms with Crippen molar-refractivity contribution < 1.29 is 14.3 Å². The molecule has 7 nitrogen and oxygen atoms in total. The SMILES string of the molecule is CNC(=O)[C@]1(C)CN(C(=O)c2cn3c(C)cccc3n2)CCO1. The molecule has 0 saturated carbocycles. The van der Waals surface area contributed by atoms with E-state index in [1.807, 2.05) is 29.5 Å². The Morgan fingerprint density at radius 2 is 2.17 bits per heavy atom. The number of fused-ring (bicyclic) bond motifs is 1. The molecule has 0 unspecified atom stereocenters. The number of carbonyl (C=O) groups is 2. The highest BCUT2D eigenvalue weighted by atomic mass is 16.5. The van der Waals surface area contributed by atoms with E-state index in [0.29, 0.717) is 18.8 Å². The summed E-state index contributed by atoms with van der Waals surface area (Å²) in [6, 6.07) is 5.72. The van der Waals surface area contributed by atoms with Crippen molar-refractivity contribution in [1.29, 1.82) is 0 Å². The van der Waals surface area contributed by atoms with Crippen LogP contribution in [0.25, 0.3) is 5.65 Å². The highest BCUT2D eigenvalue weighted by molar-refractivity contribution is 5.94. The van der Waals surface area contributed by atoms with Crippen LogP contribution >= 0.6 is 0 Å². The first-order valence-corrected chi connectivity index (χ1v) is 7.55. The average Bonchev–Trinajstić information content (AvgIpc) is 2.99. The summed E-state index contributed by atoms with van der Waals surface area (Å²) in [5, 5.41) is 2.58. The van der Waals surface area contributed by atoms with E-state index in [4.69, 9.17) is 4.74 Å². The molecule has 0 bridgehead atoms. The molecule has 2 aromatic heterocycles. The summed E-state index contributed by atoms with van der Waals surface area (Å²) in [6.07, 6.45) is 1.74. The molecule has 1 aliphatic heterocycles. The van der Waals surface area contributed by atoms with Crippen LogP contribution < -0.4 is 5.32 Å². The summed E-state index contributed by atoms with van der Waals surface area (Å²) in [7, 11) is 1.56. The number of imidazole rings is 1. The third-order valence-electron chi connectivity index (χ3n) is 4.18. The summed E-state index contributed by atoms with van der Waals surface area (Å²) in [5.41, 5.74) is 1.08. The number of aryl methyl sites for hydroxylation is 1. The highest BCUT2D eigenvalue weighted by Crippen LogP contribution is 2.20. The number of hydrogen-bond acceptors (Lipinski definition) is 4. The lowest BCUT2D eigenvalue weighted by Crippen LogP contribution is -2.58. The van der Waals surface area contributed by atoms with Crippen LogP contribution in [0.4, 0.5) is 0 Å². The van der Waals surface area contributed by atoms with Gasteiger partial charge in [0.05, 0.1) is 13.2 Å². The molecule has 23 heavy (non-hydrogen) atoms. The molecule has 1 N–H and O–H groups in total. The summed E-state index contributed by atoms with van der Waals surface area (Å²) in [6.45, 7) is 4.62. The third-order valence-corrected chi connectivity index (χ3v) is 4.18. The van der Waals surface area contributed by atoms with E-state index in [9.17, 15) is 9.59 Å². The topological polar surface area (TPSA) is 75.9 Å². The Kier molecular flexibility index (Phi) is 3.81. The minimum atomic E-state index is -1.03. The zero-order valence-electron chi connectivity index (χ0n) is 13.5. The Labute approximate surface area is 134 Å². The Bertz CT molecular complexity index is 770. The third kappa shape index (κ3) is 2.68. The zero-order chi connectivity index (χ0) is 16.6. The summed E-state index contributed by atoms with van der Waals surface area (Å²) >= 11 is 0. The van der Waals surface area contributed by atoms with Crippen LogP contribution in [0.2, 0.25) is 0 Å². The van der Waals surface area contributed by atoms with Crippen molar-refractivity contribution in [3.05, 3.63) is 35.8 Å². The summed E-state index contributed by atoms with van der Waals surface area (Å²) in [4.78, 5) is 30.7. The van der Waals surface area contributed by atoms with Crippen LogP contribution in [0.1, 0.15) is 23.1 Å². The van der Waals surface area contributed by atoms with Gasteiger partial charge in [0.2, 0.25) is 0 Å². The number of ether oxygens (including phenoxy) is 1. The van der Waals surface area contributed by atoms with Crippen molar-refractivity contribution in [2.75, 3.05) is 26.7 Å². The smallest absolute Gasteiger partial charge is 0.274 e. The first kappa shape index (κ1) is 15.5. The van der Waals surface area contributed by atoms with Gasteiger partial charge in [0.1, 0.15) is 11.3 Å². The van der Waals surface area contributed by atoms with Crippen LogP contribution in [0.15, 0.2) is 24.4 Å². The normalized spacial score (nSPS) is 21.4. The van der Waals surface area contributed by atoms with E-state index in [1.165, 1.54) is 0 Å². The Morgan fingerprint density at radius 3 is 2.87 bits per heavy atom. The molecule has 1 fully saturated rings. The molecule has 0 aliphatic carbocycles. The second kappa shape index (κ2) is 5.66. The van der Waals surface area contributed by atoms with E-state index in [-0.39, 0.29) is 18.4 Å². The predicted octanol–water partition coefficient (Wildman–Crippen LogP) is 0.620. The fourth-order valence-corrected chi connectivity index (χ4v) is 2.86. The molecule has 0 radical (unpaired) electrons. The number of aromatic nitrogens is 2. The maximum absolute atomic E-state index is 12.7. The summed E-state index contributed by atoms with van der Waals surface area (Å²) < 4.78 is 7.46. The maximum Gasteiger partial charge on any atom is 0.274 e. The number of rotatable bonds is 2. The van der Waals surface area contributed by atoms with Crippen molar-refractivity contribution in [3.63, 3.8) is 0 Å². The Morgan fingerprint density at radius 1 is 1.39 bits per heavy atom. The monoisotopic (exact) mass is 316 g/mol. The van der Waals surface area contributed by atoms with Crippen molar-refractivity contribution in [1.82, 2.24) is 19.6 Å². The van der Waals surface area contributed by atoms with Gasteiger partial charge >= 0.3 is 0 Å². The largest absolute Gasteiger partial charge is 0.362 e. The number of morpholine rings is 1. The molecule has 3 heterocycles. The molecule has 1 atom stereocenters. The van der Waals surface area contributed by atoms with Gasteiger partial charge in [0, 0.05) is 25.5 Å². The molecular formula is C16H20N4O3. The molecule has 3 rings (SSSR count). The Hall–Kier alpha value is -2.41. The molecule has 2 amide bonds. The number of likely N-dealkylation sites (N-methyl/N-ethyl adjacent to an activating group) is 1. The van der Waals surface area contributed by atoms with Crippen LogP contribution in [0.5, 0.6) is 0 Å². The summed E-state index contributed by atoms with van der Waals surface area (Å²) in [5.74, 6) is -0.424. The van der Waals surface area contributed by atoms with E-state index in [0.717, 1.165) is 11.3 Å². The van der Waals surface area contributed by atoms with E-state index in [1.54, 1.807) is 25.1 Å². The molecule has 0 aromatic carbocycles. The molecule has 0 spiro atoms. The average molecular weight is 316 g/mol. The van der Waals surface area contributed by atoms with Gasteiger partial charge < -0.3 is 19.4 Å². The van der Waals surface area contributed by atoms with Gasteiger partial charge in [-0.1, -0.05) is 6.07 Å². The number of nitrogens with zero attached hydrogens (tertiary/aromatic N) is 3. The van der Waals surface area contributed by atoms with Crippen molar-refractivity contribution in [2.45, 2.75) is 19.4 Å². The second-order valence-electron chi connectivity index (χ2n) is 5.91. The number of carbonyl (C=O) groups excluding carboxylic acids is 2. The van der Waals surface area contributed by atoms with Gasteiger partial charge in [0.25, 0.3) is 11.8 Å². The predicted molar refractivity (Wildman–Crippen MR) is 84.3 cm³/mol. The first-order chi connectivity index (χ1) is 10.9. The Balaban J connectivity index is 1.87. The lowest BCUT2D eigenvalue weighted by Gasteiger charge is -2.38. The highest BCUT2D eigenvalue weighted by Gasteiger charge is 2.40. The van der Waals surface area contributed by atoms with Gasteiger partial charge in [-0.15, -0.1) is 0 Å². The molecule has 122 valence electrons. The molecule has 1 saturated heterocycles. The number of pyridine rings is 1. The van der Waals surface area contributed by atoms with E-state index < -0.39 is 5.60 Å². The minimum Gasteiger partial charge on any atom is -0.362 e. The lowest BCUT2D eigenvalue weighted by atomic mass is 10.0. The maximum atomic E-state index is 12.7. The quantitative estimate of drug-likeness (QED) is 0.881. The van der Waals surface area contributed by atoms with E-state index in [2.05, 4.69) is 10.3 Å². The van der Waals surface area contributed by atoms with Gasteiger partial charge in [0.15, 0.2) is 5.60 Å². The van der Waals surface area contributed by atoms with Gasteiger partial charge in [-0.25, -0.2) is 4.98 Å². The molecule has 2 aromatic rings. The first-order valence-electron chi connectivity index (χ1n) is 7.55. The van der Waals surface area contributed by atoms with Crippen molar-refractivity contribution in [2.24, 2.45) is 0 Å². The minimum absolute atomic E-state index is 0.188. The number of hydrogen-bond donors (Lipinski definition) is 1. The van der Waals surface area contributed by atoms with Crippen LogP contribution in [-0.4, -0.2) is 58.4 Å². The fraction of sp³-hybridized carbons (Fsp3) is 0.438. The standard InChI is InChI=1S/C16H20N4O3/c1-11-5-4-6-13-18-12(9-20(11)13)14(21)19-7-8-23-16(2,10-19)15(22)17-3/h4-6,9H,7-8,10H2,1-3H3,(H,17,22)/t16-/m0/s1. The van der Waals surface area contributed by atoms with Gasteiger partial charge in [-0.3, -0.25) is 9.59 Å². The number of nitrogens with one attached hydrogen (secondary N) is 1. The molecular weight excluding hydrogens is 296 g/mol. The van der Waals surface area contributed by atoms with Crippen molar-refractivity contribution in [3.8, 4) is 0 Å². The second-order valence-corrected chi connectivity index (χ2v) is 5.91. The van der Waals surface area contributed by atoms with Gasteiger partial charge in [-0.2, -0.15) is 0 Å². The fourth-order valence-electron chi connectivity index (χ4n) is 2.86. The van der Waals surface area contributed by atoms with E-state index >= 15 is 0 Å². The molecule has 7 heteroatoms. The van der Waals surface area contributed by atoms with Crippen LogP contribution in [-0.2, 0) is 9.53 Å².